The molecule has 1 unspecified atom stereocenters. The van der Waals surface area contributed by atoms with Crippen LogP contribution in [0.1, 0.15) is 38.2 Å². The van der Waals surface area contributed by atoms with Crippen molar-refractivity contribution in [2.75, 3.05) is 45.2 Å². The van der Waals surface area contributed by atoms with E-state index in [1.807, 2.05) is 25.9 Å². The topological polar surface area (TPSA) is 120 Å². The SMILES string of the molecule is CCc1c(F)ccc2cc(O)cc(-c3ccc4c(N5CCCC6(C5)NC(=O)NC6=O)nc(OCC5(CN(C)C)CC5)nc4c3F)c12. The van der Waals surface area contributed by atoms with Crippen molar-refractivity contribution >= 4 is 39.4 Å². The quantitative estimate of drug-likeness (QED) is 0.236. The highest BCUT2D eigenvalue weighted by Gasteiger charge is 2.49. The second kappa shape index (κ2) is 11.0. The first kappa shape index (κ1) is 30.1. The first-order chi connectivity index (χ1) is 22.0. The Bertz CT molecular complexity index is 1910. The van der Waals surface area contributed by atoms with Crippen LogP contribution in [-0.2, 0) is 11.2 Å². The molecule has 0 bridgehead atoms. The van der Waals surface area contributed by atoms with Gasteiger partial charge in [0.15, 0.2) is 5.82 Å². The van der Waals surface area contributed by atoms with E-state index in [0.29, 0.717) is 65.5 Å². The third-order valence-corrected chi connectivity index (χ3v) is 9.49. The van der Waals surface area contributed by atoms with Gasteiger partial charge in [-0.25, -0.2) is 13.6 Å². The molecule has 1 aliphatic carbocycles. The largest absolute Gasteiger partial charge is 0.508 e. The first-order valence-corrected chi connectivity index (χ1v) is 15.6. The summed E-state index contributed by atoms with van der Waals surface area (Å²) in [7, 11) is 4.01. The summed E-state index contributed by atoms with van der Waals surface area (Å²) < 4.78 is 38.0. The van der Waals surface area contributed by atoms with Gasteiger partial charge in [0.25, 0.3) is 5.91 Å². The maximum Gasteiger partial charge on any atom is 0.322 e. The molecule has 10 nitrogen and oxygen atoms in total. The lowest BCUT2D eigenvalue weighted by Gasteiger charge is -2.39. The zero-order chi connectivity index (χ0) is 32.4. The number of anilines is 1. The number of piperidine rings is 1. The van der Waals surface area contributed by atoms with Crippen molar-refractivity contribution in [3.63, 3.8) is 0 Å². The Hall–Kier alpha value is -4.58. The van der Waals surface area contributed by atoms with Crippen LogP contribution in [0.2, 0.25) is 0 Å². The highest BCUT2D eigenvalue weighted by molar-refractivity contribution is 6.08. The molecule has 3 aromatic carbocycles. The third kappa shape index (κ3) is 5.14. The number of urea groups is 1. The Kier molecular flexibility index (Phi) is 7.22. The predicted molar refractivity (Wildman–Crippen MR) is 170 cm³/mol. The Morgan fingerprint density at radius 3 is 2.57 bits per heavy atom. The number of phenols is 1. The van der Waals surface area contributed by atoms with Crippen LogP contribution in [0.5, 0.6) is 11.8 Å². The van der Waals surface area contributed by atoms with E-state index in [-0.39, 0.29) is 34.8 Å². The van der Waals surface area contributed by atoms with Gasteiger partial charge < -0.3 is 25.0 Å². The zero-order valence-electron chi connectivity index (χ0n) is 26.0. The summed E-state index contributed by atoms with van der Waals surface area (Å²) >= 11 is 0. The summed E-state index contributed by atoms with van der Waals surface area (Å²) in [6.07, 6.45) is 3.40. The number of halogens is 2. The van der Waals surface area contributed by atoms with Crippen molar-refractivity contribution in [1.29, 1.82) is 0 Å². The molecule has 4 aromatic rings. The number of aromatic nitrogens is 2. The lowest BCUT2D eigenvalue weighted by Crippen LogP contribution is -2.58. The molecule has 46 heavy (non-hydrogen) atoms. The fourth-order valence-electron chi connectivity index (χ4n) is 7.16. The number of carbonyl (C=O) groups excluding carboxylic acids is 2. The fraction of sp³-hybridized carbons (Fsp3) is 0.412. The monoisotopic (exact) mass is 630 g/mol. The molecule has 1 atom stereocenters. The van der Waals surface area contributed by atoms with Gasteiger partial charge in [0.2, 0.25) is 0 Å². The van der Waals surface area contributed by atoms with Gasteiger partial charge in [-0.05, 0) is 92.4 Å². The average molecular weight is 631 g/mol. The third-order valence-electron chi connectivity index (χ3n) is 9.49. The number of hydrogen-bond acceptors (Lipinski definition) is 8. The number of nitrogens with zero attached hydrogens (tertiary/aromatic N) is 4. The molecule has 2 aliphatic heterocycles. The molecule has 240 valence electrons. The number of aryl methyl sites for hydroxylation is 1. The van der Waals surface area contributed by atoms with Crippen LogP contribution >= 0.6 is 0 Å². The minimum absolute atomic E-state index is 0.000401. The van der Waals surface area contributed by atoms with E-state index >= 15 is 4.39 Å². The second-order valence-electron chi connectivity index (χ2n) is 13.2. The highest BCUT2D eigenvalue weighted by Crippen LogP contribution is 2.46. The first-order valence-electron chi connectivity index (χ1n) is 15.6. The maximum absolute atomic E-state index is 16.9. The second-order valence-corrected chi connectivity index (χ2v) is 13.2. The number of benzene rings is 3. The number of imide groups is 1. The fourth-order valence-corrected chi connectivity index (χ4v) is 7.16. The highest BCUT2D eigenvalue weighted by atomic mass is 19.1. The molecule has 3 fully saturated rings. The number of ether oxygens (including phenoxy) is 1. The number of aromatic hydroxyl groups is 1. The van der Waals surface area contributed by atoms with E-state index < -0.39 is 29.1 Å². The molecule has 3 amide bonds. The van der Waals surface area contributed by atoms with Crippen LogP contribution in [0.25, 0.3) is 32.8 Å². The molecule has 1 spiro atoms. The number of phenolic OH excluding ortho intramolecular Hbond substituents is 1. The Morgan fingerprint density at radius 2 is 1.87 bits per heavy atom. The molecule has 1 saturated carbocycles. The number of fused-ring (bicyclic) bond motifs is 2. The summed E-state index contributed by atoms with van der Waals surface area (Å²) in [6, 6.07) is 8.66. The average Bonchev–Trinajstić information content (AvgIpc) is 3.72. The van der Waals surface area contributed by atoms with Crippen molar-refractivity contribution in [3.8, 4) is 22.9 Å². The van der Waals surface area contributed by atoms with Crippen LogP contribution in [0.4, 0.5) is 19.4 Å². The summed E-state index contributed by atoms with van der Waals surface area (Å²) in [6.45, 7) is 3.67. The van der Waals surface area contributed by atoms with E-state index in [1.54, 1.807) is 18.2 Å². The standard InChI is InChI=1S/C34H36F2N6O4/c1-4-21-25(35)9-6-19-14-20(43)15-24(26(19)21)22-7-8-23-28(27(22)36)37-32(46-18-33(11-12-33)16-41(2)3)38-29(23)42-13-5-10-34(17-42)30(44)39-31(45)40-34/h6-9,14-15,43H,4-5,10-13,16-18H2,1-3H3,(H2,39,40,44,45). The molecule has 12 heteroatoms. The van der Waals surface area contributed by atoms with E-state index in [4.69, 9.17) is 9.72 Å². The van der Waals surface area contributed by atoms with Gasteiger partial charge in [0.05, 0.1) is 13.2 Å². The van der Waals surface area contributed by atoms with Gasteiger partial charge >= 0.3 is 12.0 Å². The van der Waals surface area contributed by atoms with E-state index in [2.05, 4.69) is 20.5 Å². The number of carbonyl (C=O) groups is 2. The van der Waals surface area contributed by atoms with E-state index in [1.165, 1.54) is 18.2 Å². The van der Waals surface area contributed by atoms with Gasteiger partial charge in [0, 0.05) is 29.5 Å². The zero-order valence-corrected chi connectivity index (χ0v) is 26.0. The van der Waals surface area contributed by atoms with Crippen molar-refractivity contribution in [2.24, 2.45) is 5.41 Å². The molecular formula is C34H36F2N6O4. The van der Waals surface area contributed by atoms with Crippen molar-refractivity contribution in [1.82, 2.24) is 25.5 Å². The number of amides is 3. The van der Waals surface area contributed by atoms with Crippen molar-refractivity contribution in [3.05, 3.63) is 53.6 Å². The summed E-state index contributed by atoms with van der Waals surface area (Å²) in [4.78, 5) is 38.3. The number of rotatable bonds is 8. The lowest BCUT2D eigenvalue weighted by molar-refractivity contribution is -0.124. The summed E-state index contributed by atoms with van der Waals surface area (Å²) in [5, 5.41) is 17.2. The van der Waals surface area contributed by atoms with Crippen LogP contribution in [0.15, 0.2) is 36.4 Å². The molecule has 7 rings (SSSR count). The molecule has 3 N–H and O–H groups in total. The van der Waals surface area contributed by atoms with Gasteiger partial charge in [-0.3, -0.25) is 10.1 Å². The number of nitrogens with one attached hydrogen (secondary N) is 2. The minimum Gasteiger partial charge on any atom is -0.508 e. The summed E-state index contributed by atoms with van der Waals surface area (Å²) in [5.74, 6) is -1.17. The van der Waals surface area contributed by atoms with Crippen LogP contribution < -0.4 is 20.3 Å². The van der Waals surface area contributed by atoms with Gasteiger partial charge in [0.1, 0.15) is 28.4 Å². The number of hydrogen-bond donors (Lipinski definition) is 3. The van der Waals surface area contributed by atoms with Crippen molar-refractivity contribution < 1.29 is 28.2 Å². The molecule has 1 aromatic heterocycles. The van der Waals surface area contributed by atoms with Crippen LogP contribution in [0, 0.1) is 17.0 Å². The van der Waals surface area contributed by atoms with Gasteiger partial charge in [-0.15, -0.1) is 0 Å². The van der Waals surface area contributed by atoms with Crippen LogP contribution in [-0.4, -0.2) is 77.8 Å². The predicted octanol–water partition coefficient (Wildman–Crippen LogP) is 4.90. The van der Waals surface area contributed by atoms with Crippen LogP contribution in [0.3, 0.4) is 0 Å². The Balaban J connectivity index is 1.38. The molecule has 0 radical (unpaired) electrons. The lowest BCUT2D eigenvalue weighted by atomic mass is 9.89. The normalized spacial score (nSPS) is 20.5. The van der Waals surface area contributed by atoms with Gasteiger partial charge in [-0.2, -0.15) is 9.97 Å². The van der Waals surface area contributed by atoms with Gasteiger partial charge in [-0.1, -0.05) is 19.1 Å². The smallest absolute Gasteiger partial charge is 0.322 e. The molecule has 3 aliphatic rings. The molecule has 3 heterocycles. The summed E-state index contributed by atoms with van der Waals surface area (Å²) in [5.41, 5.74) is -0.250. The Labute approximate surface area is 264 Å². The van der Waals surface area contributed by atoms with E-state index in [9.17, 15) is 19.1 Å². The molecule has 2 saturated heterocycles. The minimum atomic E-state index is -1.13. The van der Waals surface area contributed by atoms with E-state index in [0.717, 1.165) is 19.4 Å². The molecular weight excluding hydrogens is 594 g/mol. The maximum atomic E-state index is 16.9. The Morgan fingerprint density at radius 1 is 1.07 bits per heavy atom. The van der Waals surface area contributed by atoms with Crippen molar-refractivity contribution in [2.45, 2.75) is 44.6 Å².